The van der Waals surface area contributed by atoms with Crippen molar-refractivity contribution in [3.8, 4) is 11.1 Å². The molecule has 3 atom stereocenters. The van der Waals surface area contributed by atoms with Crippen LogP contribution in [0, 0.1) is 5.82 Å². The second-order valence-corrected chi connectivity index (χ2v) is 9.47. The summed E-state index contributed by atoms with van der Waals surface area (Å²) >= 11 is 0. The second kappa shape index (κ2) is 9.21. The first-order chi connectivity index (χ1) is 17.8. The number of aromatic nitrogens is 4. The van der Waals surface area contributed by atoms with E-state index in [2.05, 4.69) is 20.8 Å². The summed E-state index contributed by atoms with van der Waals surface area (Å²) in [5, 5.41) is 7.63. The first-order valence-electron chi connectivity index (χ1n) is 11.9. The maximum atomic E-state index is 15.1. The highest BCUT2D eigenvalue weighted by atomic mass is 19.1. The van der Waals surface area contributed by atoms with Crippen LogP contribution in [-0.2, 0) is 25.6 Å². The maximum absolute atomic E-state index is 15.1. The normalized spacial score (nSPS) is 24.7. The Morgan fingerprint density at radius 1 is 1.24 bits per heavy atom. The van der Waals surface area contributed by atoms with Gasteiger partial charge in [0.25, 0.3) is 0 Å². The number of cyclic esters (lactones) is 1. The molecule has 5 heterocycles. The number of halogens is 1. The van der Waals surface area contributed by atoms with Crippen molar-refractivity contribution in [1.29, 1.82) is 0 Å². The van der Waals surface area contributed by atoms with Gasteiger partial charge in [0.1, 0.15) is 24.1 Å². The van der Waals surface area contributed by atoms with Crippen molar-refractivity contribution in [3.05, 3.63) is 66.5 Å². The average molecular weight is 509 g/mol. The van der Waals surface area contributed by atoms with Gasteiger partial charge in [0.15, 0.2) is 5.79 Å². The van der Waals surface area contributed by atoms with Gasteiger partial charge in [-0.25, -0.2) is 13.9 Å². The van der Waals surface area contributed by atoms with E-state index >= 15 is 4.39 Å². The van der Waals surface area contributed by atoms with Gasteiger partial charge >= 0.3 is 6.09 Å². The Morgan fingerprint density at radius 2 is 2.14 bits per heavy atom. The second-order valence-electron chi connectivity index (χ2n) is 9.47. The Labute approximate surface area is 211 Å². The molecule has 2 fully saturated rings. The van der Waals surface area contributed by atoms with E-state index in [0.717, 1.165) is 0 Å². The summed E-state index contributed by atoms with van der Waals surface area (Å²) in [5.41, 5.74) is 5.64. The van der Waals surface area contributed by atoms with Crippen LogP contribution in [0.3, 0.4) is 0 Å². The molecule has 1 aromatic carbocycles. The lowest BCUT2D eigenvalue weighted by molar-refractivity contribution is -0.153. The summed E-state index contributed by atoms with van der Waals surface area (Å²) in [6.45, 7) is 4.81. The van der Waals surface area contributed by atoms with Gasteiger partial charge in [-0.05, 0) is 44.2 Å². The number of pyridine rings is 1. The van der Waals surface area contributed by atoms with Crippen molar-refractivity contribution in [2.75, 3.05) is 18.1 Å². The number of hydrogen-bond acceptors (Lipinski definition) is 9. The Hall–Kier alpha value is -3.87. The molecule has 1 N–H and O–H groups in total. The van der Waals surface area contributed by atoms with Gasteiger partial charge in [-0.3, -0.25) is 20.2 Å². The number of benzene rings is 1. The average Bonchev–Trinajstić information content (AvgIpc) is 3.67. The molecule has 3 aromatic rings. The van der Waals surface area contributed by atoms with E-state index in [1.807, 2.05) is 19.9 Å². The first-order valence-corrected chi connectivity index (χ1v) is 11.9. The number of rotatable bonds is 6. The van der Waals surface area contributed by atoms with E-state index in [4.69, 9.17) is 19.0 Å². The Balaban J connectivity index is 1.13. The number of ether oxygens (including phenoxy) is 3. The predicted molar refractivity (Wildman–Crippen MR) is 128 cm³/mol. The van der Waals surface area contributed by atoms with Crippen molar-refractivity contribution < 1.29 is 28.2 Å². The fourth-order valence-corrected chi connectivity index (χ4v) is 4.55. The standard InChI is InChI=1S/C25H25FN6O5/c1-25(2)34-14-23(36-25)22-10-21(29-37-22)20-6-3-15(11-27-20)18-5-4-16(9-19(18)26)32-13-17(35-24(32)33)12-31-8-7-28-30-31/h3-11,17,22-23,29H,12-14H2,1-2H3/t17-,22+,23-/m0/s1. The van der Waals surface area contributed by atoms with Crippen LogP contribution in [-0.4, -0.2) is 63.3 Å². The highest BCUT2D eigenvalue weighted by molar-refractivity contribution is 5.90. The monoisotopic (exact) mass is 508 g/mol. The van der Waals surface area contributed by atoms with E-state index in [-0.39, 0.29) is 18.8 Å². The molecular formula is C25H25FN6O5. The summed E-state index contributed by atoms with van der Waals surface area (Å²) < 4.78 is 33.6. The van der Waals surface area contributed by atoms with E-state index in [9.17, 15) is 4.79 Å². The van der Waals surface area contributed by atoms with Crippen LogP contribution < -0.4 is 10.4 Å². The van der Waals surface area contributed by atoms with Gasteiger partial charge in [0.2, 0.25) is 0 Å². The Bertz CT molecular complexity index is 1330. The molecule has 0 radical (unpaired) electrons. The molecule has 3 aliphatic heterocycles. The van der Waals surface area contributed by atoms with Crippen molar-refractivity contribution in [2.45, 2.75) is 44.5 Å². The number of nitrogens with zero attached hydrogens (tertiary/aromatic N) is 5. The van der Waals surface area contributed by atoms with Crippen molar-refractivity contribution in [3.63, 3.8) is 0 Å². The lowest BCUT2D eigenvalue weighted by atomic mass is 10.1. The topological polar surface area (TPSA) is 113 Å². The minimum atomic E-state index is -0.640. The quantitative estimate of drug-likeness (QED) is 0.537. The summed E-state index contributed by atoms with van der Waals surface area (Å²) in [7, 11) is 0. The summed E-state index contributed by atoms with van der Waals surface area (Å²) in [6, 6.07) is 8.22. The number of carbonyl (C=O) groups excluding carboxylic acids is 1. The first kappa shape index (κ1) is 23.5. The number of hydrogen-bond donors (Lipinski definition) is 1. The molecule has 3 aliphatic rings. The fourth-order valence-electron chi connectivity index (χ4n) is 4.55. The van der Waals surface area contributed by atoms with E-state index in [1.54, 1.807) is 47.5 Å². The lowest BCUT2D eigenvalue weighted by Gasteiger charge is -2.18. The van der Waals surface area contributed by atoms with Gasteiger partial charge in [-0.2, -0.15) is 0 Å². The van der Waals surface area contributed by atoms with Crippen LogP contribution in [0.15, 0.2) is 55.0 Å². The predicted octanol–water partition coefficient (Wildman–Crippen LogP) is 2.90. The molecule has 2 aromatic heterocycles. The molecule has 0 aliphatic carbocycles. The highest BCUT2D eigenvalue weighted by Crippen LogP contribution is 2.31. The van der Waals surface area contributed by atoms with Crippen molar-refractivity contribution in [1.82, 2.24) is 25.5 Å². The molecular weight excluding hydrogens is 483 g/mol. The largest absolute Gasteiger partial charge is 0.442 e. The van der Waals surface area contributed by atoms with Crippen LogP contribution in [0.25, 0.3) is 16.8 Å². The minimum absolute atomic E-state index is 0.224. The van der Waals surface area contributed by atoms with Crippen LogP contribution in [0.2, 0.25) is 0 Å². The van der Waals surface area contributed by atoms with Crippen LogP contribution in [0.5, 0.6) is 0 Å². The Kier molecular flexibility index (Phi) is 5.86. The van der Waals surface area contributed by atoms with E-state index in [1.165, 1.54) is 11.0 Å². The lowest BCUT2D eigenvalue weighted by Crippen LogP contribution is -2.31. The zero-order valence-corrected chi connectivity index (χ0v) is 20.2. The maximum Gasteiger partial charge on any atom is 0.414 e. The highest BCUT2D eigenvalue weighted by Gasteiger charge is 2.39. The number of amides is 1. The zero-order chi connectivity index (χ0) is 25.6. The molecule has 37 heavy (non-hydrogen) atoms. The van der Waals surface area contributed by atoms with E-state index < -0.39 is 23.8 Å². The van der Waals surface area contributed by atoms with Crippen LogP contribution in [0.1, 0.15) is 19.5 Å². The molecule has 1 amide bonds. The minimum Gasteiger partial charge on any atom is -0.442 e. The molecule has 0 spiro atoms. The van der Waals surface area contributed by atoms with Gasteiger partial charge < -0.3 is 14.2 Å². The summed E-state index contributed by atoms with van der Waals surface area (Å²) in [6.07, 6.45) is 5.27. The third kappa shape index (κ3) is 4.78. The molecule has 11 nitrogen and oxygen atoms in total. The molecule has 12 heteroatoms. The van der Waals surface area contributed by atoms with Gasteiger partial charge in [-0.1, -0.05) is 11.3 Å². The summed E-state index contributed by atoms with van der Waals surface area (Å²) in [4.78, 5) is 23.9. The number of nitrogens with one attached hydrogen (secondary N) is 1. The number of hydroxylamine groups is 1. The zero-order valence-electron chi connectivity index (χ0n) is 20.2. The van der Waals surface area contributed by atoms with E-state index in [0.29, 0.717) is 41.4 Å². The van der Waals surface area contributed by atoms with Crippen molar-refractivity contribution in [2.24, 2.45) is 0 Å². The molecule has 192 valence electrons. The molecule has 6 rings (SSSR count). The fraction of sp³-hybridized carbons (Fsp3) is 0.360. The third-order valence-corrected chi connectivity index (χ3v) is 6.38. The van der Waals surface area contributed by atoms with Gasteiger partial charge in [-0.15, -0.1) is 5.10 Å². The van der Waals surface area contributed by atoms with Crippen molar-refractivity contribution >= 4 is 17.5 Å². The number of anilines is 1. The SMILES string of the molecule is CC1(C)OC[C@@H]([C@H]2C=C(c3ccc(-c4ccc(N5C[C@H](Cn6ccnn6)OC5=O)cc4F)cn3)NO2)O1. The van der Waals surface area contributed by atoms with Crippen LogP contribution >= 0.6 is 0 Å². The van der Waals surface area contributed by atoms with Crippen LogP contribution in [0.4, 0.5) is 14.9 Å². The molecule has 0 unspecified atom stereocenters. The Morgan fingerprint density at radius 3 is 2.84 bits per heavy atom. The molecule has 2 saturated heterocycles. The summed E-state index contributed by atoms with van der Waals surface area (Å²) in [5.74, 6) is -1.11. The molecule has 0 saturated carbocycles. The third-order valence-electron chi connectivity index (χ3n) is 6.38. The smallest absolute Gasteiger partial charge is 0.414 e. The van der Waals surface area contributed by atoms with Gasteiger partial charge in [0, 0.05) is 23.5 Å². The van der Waals surface area contributed by atoms with Gasteiger partial charge in [0.05, 0.1) is 43.0 Å². The molecule has 0 bridgehead atoms. The number of carbonyl (C=O) groups is 1.